The molecule has 0 saturated heterocycles. The Bertz CT molecular complexity index is 1220. The van der Waals surface area contributed by atoms with E-state index < -0.39 is 9.84 Å². The van der Waals surface area contributed by atoms with E-state index in [1.54, 1.807) is 36.5 Å². The number of benzene rings is 2. The van der Waals surface area contributed by atoms with E-state index in [2.05, 4.69) is 10.1 Å². The molecule has 4 rings (SSSR count). The SMILES string of the molecule is Nc1ncccc1-c1cc(Cc2ccc(S(=O)(=O)Cc3ccccc3)cc2)no1. The van der Waals surface area contributed by atoms with Gasteiger partial charge in [0, 0.05) is 18.7 Å². The second-order valence-electron chi connectivity index (χ2n) is 6.68. The van der Waals surface area contributed by atoms with Crippen molar-refractivity contribution in [3.8, 4) is 11.3 Å². The third-order valence-corrected chi connectivity index (χ3v) is 6.23. The molecular formula is C22H19N3O3S. The molecule has 0 aliphatic carbocycles. The monoisotopic (exact) mass is 405 g/mol. The van der Waals surface area contributed by atoms with E-state index in [1.807, 2.05) is 42.5 Å². The van der Waals surface area contributed by atoms with Gasteiger partial charge in [-0.15, -0.1) is 0 Å². The summed E-state index contributed by atoms with van der Waals surface area (Å²) < 4.78 is 30.6. The topological polar surface area (TPSA) is 99.1 Å². The number of nitrogens with zero attached hydrogens (tertiary/aromatic N) is 2. The summed E-state index contributed by atoms with van der Waals surface area (Å²) in [5, 5.41) is 4.08. The summed E-state index contributed by atoms with van der Waals surface area (Å²) in [7, 11) is -3.39. The Balaban J connectivity index is 1.48. The average Bonchev–Trinajstić information content (AvgIpc) is 3.17. The Morgan fingerprint density at radius 3 is 2.38 bits per heavy atom. The highest BCUT2D eigenvalue weighted by molar-refractivity contribution is 7.90. The molecule has 0 fully saturated rings. The zero-order valence-corrected chi connectivity index (χ0v) is 16.3. The van der Waals surface area contributed by atoms with Gasteiger partial charge in [-0.1, -0.05) is 47.6 Å². The minimum Gasteiger partial charge on any atom is -0.383 e. The predicted molar refractivity (Wildman–Crippen MR) is 111 cm³/mol. The minimum absolute atomic E-state index is 0.0215. The van der Waals surface area contributed by atoms with Crippen LogP contribution in [0.25, 0.3) is 11.3 Å². The van der Waals surface area contributed by atoms with Crippen LogP contribution in [-0.2, 0) is 22.0 Å². The molecule has 0 aliphatic heterocycles. The second kappa shape index (κ2) is 7.89. The summed E-state index contributed by atoms with van der Waals surface area (Å²) in [6.45, 7) is 0. The molecule has 7 heteroatoms. The first-order valence-electron chi connectivity index (χ1n) is 9.03. The van der Waals surface area contributed by atoms with Gasteiger partial charge in [0.2, 0.25) is 0 Å². The molecule has 0 saturated carbocycles. The van der Waals surface area contributed by atoms with E-state index in [1.165, 1.54) is 0 Å². The molecule has 0 spiro atoms. The van der Waals surface area contributed by atoms with Crippen molar-refractivity contribution < 1.29 is 12.9 Å². The molecule has 0 radical (unpaired) electrons. The predicted octanol–water partition coefficient (Wildman–Crippen LogP) is 3.88. The summed E-state index contributed by atoms with van der Waals surface area (Å²) in [4.78, 5) is 4.34. The van der Waals surface area contributed by atoms with Gasteiger partial charge in [-0.3, -0.25) is 0 Å². The van der Waals surface area contributed by atoms with Gasteiger partial charge in [0.05, 0.1) is 21.9 Å². The van der Waals surface area contributed by atoms with Crippen LogP contribution < -0.4 is 5.73 Å². The Kier molecular flexibility index (Phi) is 5.14. The Morgan fingerprint density at radius 2 is 1.66 bits per heavy atom. The first-order chi connectivity index (χ1) is 14.0. The molecule has 0 amide bonds. The van der Waals surface area contributed by atoms with Crippen molar-refractivity contribution in [3.05, 3.63) is 95.8 Å². The normalized spacial score (nSPS) is 11.4. The highest BCUT2D eigenvalue weighted by atomic mass is 32.2. The molecule has 146 valence electrons. The largest absolute Gasteiger partial charge is 0.383 e. The van der Waals surface area contributed by atoms with Gasteiger partial charge >= 0.3 is 0 Å². The van der Waals surface area contributed by atoms with Crippen LogP contribution in [0.5, 0.6) is 0 Å². The van der Waals surface area contributed by atoms with Crippen molar-refractivity contribution in [2.24, 2.45) is 0 Å². The summed E-state index contributed by atoms with van der Waals surface area (Å²) in [6, 6.07) is 21.4. The standard InChI is InChI=1S/C22H19N3O3S/c23-22-20(7-4-12-24-22)21-14-18(25-28-21)13-16-8-10-19(11-9-16)29(26,27)15-17-5-2-1-3-6-17/h1-12,14H,13,15H2,(H2,23,24). The third kappa shape index (κ3) is 4.35. The number of sulfone groups is 1. The first kappa shape index (κ1) is 18.9. The third-order valence-electron chi connectivity index (χ3n) is 4.53. The number of hydrogen-bond acceptors (Lipinski definition) is 6. The maximum absolute atomic E-state index is 12.6. The molecule has 0 aliphatic rings. The Labute approximate surface area is 168 Å². The molecule has 2 aromatic heterocycles. The van der Waals surface area contributed by atoms with Crippen LogP contribution in [0.3, 0.4) is 0 Å². The smallest absolute Gasteiger partial charge is 0.182 e. The molecule has 2 N–H and O–H groups in total. The van der Waals surface area contributed by atoms with Crippen LogP contribution in [0.4, 0.5) is 5.82 Å². The number of pyridine rings is 1. The van der Waals surface area contributed by atoms with Gasteiger partial charge in [-0.25, -0.2) is 13.4 Å². The van der Waals surface area contributed by atoms with Crippen LogP contribution in [0.15, 0.2) is 88.4 Å². The zero-order valence-electron chi connectivity index (χ0n) is 15.5. The molecule has 2 aromatic carbocycles. The van der Waals surface area contributed by atoms with Crippen molar-refractivity contribution in [3.63, 3.8) is 0 Å². The van der Waals surface area contributed by atoms with Crippen LogP contribution in [0.1, 0.15) is 16.8 Å². The van der Waals surface area contributed by atoms with E-state index in [0.29, 0.717) is 28.5 Å². The van der Waals surface area contributed by atoms with Gasteiger partial charge in [0.1, 0.15) is 5.82 Å². The van der Waals surface area contributed by atoms with Gasteiger partial charge < -0.3 is 10.3 Å². The van der Waals surface area contributed by atoms with E-state index in [4.69, 9.17) is 10.3 Å². The molecule has 29 heavy (non-hydrogen) atoms. The summed E-state index contributed by atoms with van der Waals surface area (Å²) in [6.07, 6.45) is 2.13. The van der Waals surface area contributed by atoms with E-state index in [0.717, 1.165) is 16.8 Å². The molecule has 6 nitrogen and oxygen atoms in total. The molecular weight excluding hydrogens is 386 g/mol. The average molecular weight is 405 g/mol. The van der Waals surface area contributed by atoms with Gasteiger partial charge in [-0.05, 0) is 35.4 Å². The van der Waals surface area contributed by atoms with Crippen molar-refractivity contribution in [2.45, 2.75) is 17.1 Å². The first-order valence-corrected chi connectivity index (χ1v) is 10.7. The Hall–Kier alpha value is -3.45. The van der Waals surface area contributed by atoms with Crippen LogP contribution in [0, 0.1) is 0 Å². The number of anilines is 1. The fourth-order valence-corrected chi connectivity index (χ4v) is 4.40. The number of rotatable bonds is 6. The number of nitrogen functional groups attached to an aromatic ring is 1. The molecule has 4 aromatic rings. The van der Waals surface area contributed by atoms with Crippen LogP contribution >= 0.6 is 0 Å². The highest BCUT2D eigenvalue weighted by Gasteiger charge is 2.16. The number of hydrogen-bond donors (Lipinski definition) is 1. The Morgan fingerprint density at radius 1 is 0.897 bits per heavy atom. The summed E-state index contributed by atoms with van der Waals surface area (Å²) >= 11 is 0. The lowest BCUT2D eigenvalue weighted by molar-refractivity contribution is 0.425. The van der Waals surface area contributed by atoms with Crippen LogP contribution in [-0.4, -0.2) is 18.6 Å². The van der Waals surface area contributed by atoms with Gasteiger partial charge in [0.15, 0.2) is 15.6 Å². The van der Waals surface area contributed by atoms with E-state index in [-0.39, 0.29) is 5.75 Å². The lowest BCUT2D eigenvalue weighted by Gasteiger charge is -2.06. The summed E-state index contributed by atoms with van der Waals surface area (Å²) in [5.41, 5.74) is 8.98. The lowest BCUT2D eigenvalue weighted by Crippen LogP contribution is -2.05. The fraction of sp³-hybridized carbons (Fsp3) is 0.0909. The van der Waals surface area contributed by atoms with Crippen molar-refractivity contribution in [1.82, 2.24) is 10.1 Å². The van der Waals surface area contributed by atoms with E-state index >= 15 is 0 Å². The molecule has 0 bridgehead atoms. The highest BCUT2D eigenvalue weighted by Crippen LogP contribution is 2.25. The van der Waals surface area contributed by atoms with Gasteiger partial charge in [-0.2, -0.15) is 0 Å². The maximum atomic E-state index is 12.6. The maximum Gasteiger partial charge on any atom is 0.182 e. The van der Waals surface area contributed by atoms with Crippen LogP contribution in [0.2, 0.25) is 0 Å². The summed E-state index contributed by atoms with van der Waals surface area (Å²) in [5.74, 6) is 0.905. The van der Waals surface area contributed by atoms with Gasteiger partial charge in [0.25, 0.3) is 0 Å². The number of aromatic nitrogens is 2. The van der Waals surface area contributed by atoms with Crippen molar-refractivity contribution in [1.29, 1.82) is 0 Å². The zero-order chi connectivity index (χ0) is 20.3. The minimum atomic E-state index is -3.39. The number of nitrogens with two attached hydrogens (primary N) is 1. The van der Waals surface area contributed by atoms with Crippen molar-refractivity contribution >= 4 is 15.7 Å². The quantitative estimate of drug-likeness (QED) is 0.523. The molecule has 0 unspecified atom stereocenters. The lowest BCUT2D eigenvalue weighted by atomic mass is 10.1. The van der Waals surface area contributed by atoms with Crippen molar-refractivity contribution in [2.75, 3.05) is 5.73 Å². The molecule has 0 atom stereocenters. The second-order valence-corrected chi connectivity index (χ2v) is 8.67. The molecule has 2 heterocycles. The fourth-order valence-electron chi connectivity index (χ4n) is 3.05. The van der Waals surface area contributed by atoms with E-state index in [9.17, 15) is 8.42 Å².